The number of carbonyl (C=O) groups is 1. The van der Waals surface area contributed by atoms with Crippen molar-refractivity contribution in [1.29, 1.82) is 0 Å². The summed E-state index contributed by atoms with van der Waals surface area (Å²) >= 11 is 0. The van der Waals surface area contributed by atoms with Gasteiger partial charge in [0.15, 0.2) is 5.82 Å². The van der Waals surface area contributed by atoms with Crippen molar-refractivity contribution in [3.63, 3.8) is 0 Å². The van der Waals surface area contributed by atoms with Gasteiger partial charge in [-0.05, 0) is 18.2 Å². The number of pyridine rings is 1. The Labute approximate surface area is 119 Å². The number of anilines is 2. The van der Waals surface area contributed by atoms with Crippen LogP contribution in [0.2, 0.25) is 0 Å². The summed E-state index contributed by atoms with van der Waals surface area (Å²) in [7, 11) is 0. The Kier molecular flexibility index (Phi) is 4.39. The van der Waals surface area contributed by atoms with Crippen molar-refractivity contribution in [2.45, 2.75) is 0 Å². The van der Waals surface area contributed by atoms with Gasteiger partial charge in [0.2, 0.25) is 5.91 Å². The number of nitrogens with zero attached hydrogens (tertiary/aromatic N) is 2. The molecule has 1 aromatic heterocycles. The fraction of sp³-hybridized carbons (Fsp3) is 0.0769. The van der Waals surface area contributed by atoms with E-state index in [1.54, 1.807) is 18.2 Å². The van der Waals surface area contributed by atoms with E-state index in [0.29, 0.717) is 5.82 Å². The normalized spacial score (nSPS) is 9.95. The molecule has 0 aliphatic heterocycles. The summed E-state index contributed by atoms with van der Waals surface area (Å²) in [5.41, 5.74) is -0.340. The number of hydrogen-bond acceptors (Lipinski definition) is 5. The standard InChI is InChI=1S/C13H11FN4O3/c14-10-7-9(18(20)21)4-5-11(10)16-8-13(19)17-12-3-1-2-6-15-12/h1-7,16H,8H2,(H,15,17,19). The minimum Gasteiger partial charge on any atom is -0.374 e. The van der Waals surface area contributed by atoms with Gasteiger partial charge in [-0.1, -0.05) is 6.07 Å². The third-order valence-electron chi connectivity index (χ3n) is 2.54. The summed E-state index contributed by atoms with van der Waals surface area (Å²) < 4.78 is 13.6. The highest BCUT2D eigenvalue weighted by Crippen LogP contribution is 2.20. The lowest BCUT2D eigenvalue weighted by Gasteiger charge is -2.07. The van der Waals surface area contributed by atoms with Crippen LogP contribution in [0.5, 0.6) is 0 Å². The third kappa shape index (κ3) is 3.96. The molecule has 0 atom stereocenters. The molecule has 108 valence electrons. The van der Waals surface area contributed by atoms with Crippen molar-refractivity contribution >= 4 is 23.1 Å². The SMILES string of the molecule is O=C(CNc1ccc([N+](=O)[O-])cc1F)Nc1ccccn1. The zero-order chi connectivity index (χ0) is 15.2. The quantitative estimate of drug-likeness (QED) is 0.649. The summed E-state index contributed by atoms with van der Waals surface area (Å²) in [6.07, 6.45) is 1.53. The van der Waals surface area contributed by atoms with Gasteiger partial charge >= 0.3 is 0 Å². The Hall–Kier alpha value is -3.03. The number of non-ortho nitro benzene ring substituents is 1. The highest BCUT2D eigenvalue weighted by Gasteiger charge is 2.11. The Morgan fingerprint density at radius 1 is 1.33 bits per heavy atom. The van der Waals surface area contributed by atoms with Gasteiger partial charge in [-0.3, -0.25) is 14.9 Å². The number of nitro groups is 1. The number of aromatic nitrogens is 1. The van der Waals surface area contributed by atoms with E-state index in [1.807, 2.05) is 0 Å². The first-order valence-corrected chi connectivity index (χ1v) is 5.95. The predicted molar refractivity (Wildman–Crippen MR) is 74.4 cm³/mol. The predicted octanol–water partition coefficient (Wildman–Crippen LogP) is 2.18. The number of rotatable bonds is 5. The van der Waals surface area contributed by atoms with Crippen LogP contribution in [0.1, 0.15) is 0 Å². The first-order chi connectivity index (χ1) is 10.1. The number of halogens is 1. The van der Waals surface area contributed by atoms with E-state index >= 15 is 0 Å². The number of nitro benzene ring substituents is 1. The van der Waals surface area contributed by atoms with Gasteiger partial charge in [0, 0.05) is 12.3 Å². The van der Waals surface area contributed by atoms with E-state index in [-0.39, 0.29) is 17.9 Å². The second-order valence-electron chi connectivity index (χ2n) is 4.04. The molecule has 1 aromatic carbocycles. The number of hydrogen-bond donors (Lipinski definition) is 2. The molecule has 0 radical (unpaired) electrons. The Bertz CT molecular complexity index is 664. The molecule has 1 amide bonds. The molecule has 0 unspecified atom stereocenters. The van der Waals surface area contributed by atoms with Crippen molar-refractivity contribution in [3.05, 3.63) is 58.5 Å². The molecular weight excluding hydrogens is 279 g/mol. The molecule has 0 saturated carbocycles. The number of benzene rings is 1. The molecule has 21 heavy (non-hydrogen) atoms. The van der Waals surface area contributed by atoms with Gasteiger partial charge in [0.25, 0.3) is 5.69 Å². The van der Waals surface area contributed by atoms with Crippen molar-refractivity contribution in [2.75, 3.05) is 17.2 Å². The lowest BCUT2D eigenvalue weighted by Crippen LogP contribution is -2.22. The fourth-order valence-corrected chi connectivity index (χ4v) is 1.56. The van der Waals surface area contributed by atoms with E-state index in [4.69, 9.17) is 0 Å². The van der Waals surface area contributed by atoms with Crippen molar-refractivity contribution in [1.82, 2.24) is 4.98 Å². The van der Waals surface area contributed by atoms with Crippen molar-refractivity contribution < 1.29 is 14.1 Å². The van der Waals surface area contributed by atoms with Gasteiger partial charge in [-0.15, -0.1) is 0 Å². The Balaban J connectivity index is 1.94. The van der Waals surface area contributed by atoms with Crippen molar-refractivity contribution in [3.8, 4) is 0 Å². The monoisotopic (exact) mass is 290 g/mol. The molecule has 0 saturated heterocycles. The minimum absolute atomic E-state index is 0.0109. The molecule has 0 fully saturated rings. The first kappa shape index (κ1) is 14.4. The molecule has 8 heteroatoms. The van der Waals surface area contributed by atoms with E-state index in [9.17, 15) is 19.3 Å². The maximum Gasteiger partial charge on any atom is 0.272 e. The molecule has 1 heterocycles. The van der Waals surface area contributed by atoms with E-state index in [0.717, 1.165) is 12.1 Å². The molecule has 7 nitrogen and oxygen atoms in total. The summed E-state index contributed by atoms with van der Waals surface area (Å²) in [6.45, 7) is -0.189. The topological polar surface area (TPSA) is 97.2 Å². The molecule has 2 aromatic rings. The van der Waals surface area contributed by atoms with Crippen LogP contribution in [0.4, 0.5) is 21.6 Å². The highest BCUT2D eigenvalue weighted by atomic mass is 19.1. The molecule has 0 aliphatic carbocycles. The van der Waals surface area contributed by atoms with Crippen LogP contribution in [0.3, 0.4) is 0 Å². The second kappa shape index (κ2) is 6.42. The zero-order valence-corrected chi connectivity index (χ0v) is 10.7. The Morgan fingerprint density at radius 2 is 2.14 bits per heavy atom. The molecule has 0 spiro atoms. The van der Waals surface area contributed by atoms with Gasteiger partial charge in [0.1, 0.15) is 5.82 Å². The van der Waals surface area contributed by atoms with Crippen molar-refractivity contribution in [2.24, 2.45) is 0 Å². The highest BCUT2D eigenvalue weighted by molar-refractivity contribution is 5.92. The van der Waals surface area contributed by atoms with E-state index < -0.39 is 16.6 Å². The molecule has 2 rings (SSSR count). The Morgan fingerprint density at radius 3 is 2.76 bits per heavy atom. The zero-order valence-electron chi connectivity index (χ0n) is 10.7. The molecule has 0 bridgehead atoms. The summed E-state index contributed by atoms with van der Waals surface area (Å²) in [5.74, 6) is -0.824. The van der Waals surface area contributed by atoms with Crippen LogP contribution < -0.4 is 10.6 Å². The van der Waals surface area contributed by atoms with Gasteiger partial charge in [0.05, 0.1) is 23.2 Å². The van der Waals surface area contributed by atoms with Crippen LogP contribution in [0.25, 0.3) is 0 Å². The van der Waals surface area contributed by atoms with Crippen LogP contribution in [0, 0.1) is 15.9 Å². The van der Waals surface area contributed by atoms with Gasteiger partial charge in [-0.2, -0.15) is 0 Å². The lowest BCUT2D eigenvalue weighted by molar-refractivity contribution is -0.385. The average molecular weight is 290 g/mol. The smallest absolute Gasteiger partial charge is 0.272 e. The average Bonchev–Trinajstić information content (AvgIpc) is 2.47. The number of nitrogens with one attached hydrogen (secondary N) is 2. The molecule has 0 aliphatic rings. The lowest BCUT2D eigenvalue weighted by atomic mass is 10.2. The maximum atomic E-state index is 13.6. The fourth-order valence-electron chi connectivity index (χ4n) is 1.56. The second-order valence-corrected chi connectivity index (χ2v) is 4.04. The van der Waals surface area contributed by atoms with Crippen LogP contribution in [-0.2, 0) is 4.79 Å². The largest absolute Gasteiger partial charge is 0.374 e. The minimum atomic E-state index is -0.796. The summed E-state index contributed by atoms with van der Waals surface area (Å²) in [5, 5.41) is 15.6. The van der Waals surface area contributed by atoms with Gasteiger partial charge in [-0.25, -0.2) is 9.37 Å². The molecule has 2 N–H and O–H groups in total. The maximum absolute atomic E-state index is 13.6. The van der Waals surface area contributed by atoms with Crippen LogP contribution >= 0.6 is 0 Å². The number of carbonyl (C=O) groups excluding carboxylic acids is 1. The summed E-state index contributed by atoms with van der Waals surface area (Å²) in [4.78, 5) is 25.3. The van der Waals surface area contributed by atoms with Crippen LogP contribution in [0.15, 0.2) is 42.6 Å². The van der Waals surface area contributed by atoms with E-state index in [1.165, 1.54) is 12.3 Å². The first-order valence-electron chi connectivity index (χ1n) is 5.95. The van der Waals surface area contributed by atoms with Gasteiger partial charge < -0.3 is 10.6 Å². The third-order valence-corrected chi connectivity index (χ3v) is 2.54. The van der Waals surface area contributed by atoms with E-state index in [2.05, 4.69) is 15.6 Å². The summed E-state index contributed by atoms with van der Waals surface area (Å²) in [6, 6.07) is 8.19. The number of amides is 1. The molecular formula is C13H11FN4O3. The van der Waals surface area contributed by atoms with Crippen LogP contribution in [-0.4, -0.2) is 22.4 Å².